The van der Waals surface area contributed by atoms with Gasteiger partial charge in [0.15, 0.2) is 5.78 Å². The summed E-state index contributed by atoms with van der Waals surface area (Å²) in [4.78, 5) is 18.0. The average molecular weight is 463 g/mol. The maximum Gasteiger partial charge on any atom is 0.162 e. The maximum absolute atomic E-state index is 13.4. The minimum atomic E-state index is -0.269. The molecule has 30 heavy (non-hydrogen) atoms. The molecule has 5 rings (SSSR count). The summed E-state index contributed by atoms with van der Waals surface area (Å²) < 4.78 is 6.63. The molecule has 2 heterocycles. The molecule has 1 aliphatic heterocycles. The normalized spacial score (nSPS) is 19.9. The number of anilines is 1. The fourth-order valence-corrected chi connectivity index (χ4v) is 5.23. The number of Topliss-reactive ketones (excluding diaryl/α,β-unsaturated/α-hetero) is 1. The van der Waals surface area contributed by atoms with Crippen LogP contribution in [0.25, 0.3) is 16.5 Å². The number of hydrogen-bond acceptors (Lipinski definition) is 4. The van der Waals surface area contributed by atoms with Gasteiger partial charge in [0.2, 0.25) is 0 Å². The molecule has 2 aliphatic rings. The monoisotopic (exact) mass is 462 g/mol. The molecule has 0 saturated carbocycles. The molecule has 3 aromatic rings. The van der Waals surface area contributed by atoms with Crippen LogP contribution >= 0.6 is 15.9 Å². The lowest BCUT2D eigenvalue weighted by molar-refractivity contribution is -0.118. The number of pyridine rings is 1. The van der Waals surface area contributed by atoms with E-state index in [4.69, 9.17) is 4.74 Å². The summed E-state index contributed by atoms with van der Waals surface area (Å²) in [5.41, 5.74) is 5.98. The number of fused-ring (bicyclic) bond motifs is 4. The van der Waals surface area contributed by atoms with Gasteiger partial charge in [-0.2, -0.15) is 0 Å². The van der Waals surface area contributed by atoms with E-state index in [1.807, 2.05) is 36.5 Å². The van der Waals surface area contributed by atoms with Crippen molar-refractivity contribution in [3.05, 3.63) is 69.8 Å². The van der Waals surface area contributed by atoms with Crippen molar-refractivity contribution >= 4 is 43.9 Å². The molecule has 1 atom stereocenters. The van der Waals surface area contributed by atoms with Gasteiger partial charge in [-0.3, -0.25) is 9.78 Å². The topological polar surface area (TPSA) is 51.2 Å². The van der Waals surface area contributed by atoms with Gasteiger partial charge in [0.1, 0.15) is 5.75 Å². The lowest BCUT2D eigenvalue weighted by Gasteiger charge is -2.40. The first-order valence-corrected chi connectivity index (χ1v) is 10.9. The number of methoxy groups -OCH3 is 1. The quantitative estimate of drug-likeness (QED) is 0.484. The molecule has 2 aromatic carbocycles. The van der Waals surface area contributed by atoms with E-state index in [9.17, 15) is 4.79 Å². The Bertz CT molecular complexity index is 1230. The van der Waals surface area contributed by atoms with Crippen LogP contribution in [-0.4, -0.2) is 17.9 Å². The highest BCUT2D eigenvalue weighted by Crippen LogP contribution is 2.52. The van der Waals surface area contributed by atoms with Crippen molar-refractivity contribution in [1.29, 1.82) is 0 Å². The smallest absolute Gasteiger partial charge is 0.162 e. The summed E-state index contributed by atoms with van der Waals surface area (Å²) in [6.45, 7) is 4.35. The maximum atomic E-state index is 13.4. The Labute approximate surface area is 184 Å². The fraction of sp³-hybridized carbons (Fsp3) is 0.280. The van der Waals surface area contributed by atoms with Crippen molar-refractivity contribution in [3.8, 4) is 5.75 Å². The van der Waals surface area contributed by atoms with E-state index in [1.165, 1.54) is 0 Å². The molecule has 1 aromatic heterocycles. The highest BCUT2D eigenvalue weighted by molar-refractivity contribution is 9.10. The molecule has 4 nitrogen and oxygen atoms in total. The second-order valence-corrected chi connectivity index (χ2v) is 9.77. The van der Waals surface area contributed by atoms with E-state index in [2.05, 4.69) is 52.2 Å². The summed E-state index contributed by atoms with van der Waals surface area (Å²) >= 11 is 3.59. The number of nitrogens with zero attached hydrogens (tertiary/aromatic N) is 1. The van der Waals surface area contributed by atoms with Gasteiger partial charge in [-0.25, -0.2) is 0 Å². The Balaban J connectivity index is 1.82. The Hall–Kier alpha value is -2.66. The van der Waals surface area contributed by atoms with E-state index < -0.39 is 0 Å². The van der Waals surface area contributed by atoms with E-state index >= 15 is 0 Å². The summed E-state index contributed by atoms with van der Waals surface area (Å²) in [5, 5.41) is 4.76. The number of halogens is 1. The van der Waals surface area contributed by atoms with Crippen LogP contribution < -0.4 is 10.1 Å². The molecule has 0 spiro atoms. The molecular formula is C25H23BrN2O2. The first kappa shape index (κ1) is 19.3. The van der Waals surface area contributed by atoms with E-state index in [1.54, 1.807) is 7.11 Å². The zero-order chi connectivity index (χ0) is 21.0. The number of ether oxygens (including phenoxy) is 1. The first-order chi connectivity index (χ1) is 14.4. The van der Waals surface area contributed by atoms with Crippen LogP contribution in [0.4, 0.5) is 5.69 Å². The van der Waals surface area contributed by atoms with Crippen LogP contribution in [-0.2, 0) is 4.79 Å². The van der Waals surface area contributed by atoms with Gasteiger partial charge in [0, 0.05) is 39.2 Å². The molecule has 0 radical (unpaired) electrons. The van der Waals surface area contributed by atoms with Gasteiger partial charge in [-0.1, -0.05) is 35.8 Å². The Morgan fingerprint density at radius 2 is 2.00 bits per heavy atom. The Morgan fingerprint density at radius 1 is 1.17 bits per heavy atom. The third-order valence-electron chi connectivity index (χ3n) is 6.11. The summed E-state index contributed by atoms with van der Waals surface area (Å²) in [7, 11) is 1.67. The van der Waals surface area contributed by atoms with Crippen molar-refractivity contribution in [2.45, 2.75) is 32.7 Å². The Kier molecular flexibility index (Phi) is 4.47. The number of ketones is 1. The largest absolute Gasteiger partial charge is 0.496 e. The lowest BCUT2D eigenvalue weighted by atomic mass is 9.68. The number of carbonyl (C=O) groups is 1. The molecule has 0 bridgehead atoms. The van der Waals surface area contributed by atoms with Crippen LogP contribution in [0.2, 0.25) is 0 Å². The van der Waals surface area contributed by atoms with E-state index in [-0.39, 0.29) is 17.2 Å². The van der Waals surface area contributed by atoms with Gasteiger partial charge in [-0.05, 0) is 53.8 Å². The second kappa shape index (κ2) is 6.95. The minimum Gasteiger partial charge on any atom is -0.496 e. The van der Waals surface area contributed by atoms with Gasteiger partial charge >= 0.3 is 0 Å². The molecule has 1 aliphatic carbocycles. The number of carbonyl (C=O) groups excluding carboxylic acids is 1. The highest BCUT2D eigenvalue weighted by atomic mass is 79.9. The SMILES string of the molecule is COc1ccc(Br)cc1[C@H]1Nc2c(ccc3ncccc23)C2=C1C(=O)CC(C)(C)C2. The zero-order valence-electron chi connectivity index (χ0n) is 17.3. The Morgan fingerprint density at radius 3 is 2.80 bits per heavy atom. The fourth-order valence-electron chi connectivity index (χ4n) is 4.85. The van der Waals surface area contributed by atoms with Crippen molar-refractivity contribution in [1.82, 2.24) is 4.98 Å². The number of aromatic nitrogens is 1. The predicted octanol–water partition coefficient (Wildman–Crippen LogP) is 6.32. The van der Waals surface area contributed by atoms with E-state index in [0.717, 1.165) is 55.5 Å². The average Bonchev–Trinajstić information content (AvgIpc) is 2.72. The minimum absolute atomic E-state index is 0.0691. The van der Waals surface area contributed by atoms with Crippen molar-refractivity contribution in [2.75, 3.05) is 12.4 Å². The summed E-state index contributed by atoms with van der Waals surface area (Å²) in [6.07, 6.45) is 3.22. The molecular weight excluding hydrogens is 440 g/mol. The number of allylic oxidation sites excluding steroid dienone is 1. The predicted molar refractivity (Wildman–Crippen MR) is 124 cm³/mol. The van der Waals surface area contributed by atoms with Crippen LogP contribution in [0.15, 0.2) is 58.7 Å². The summed E-state index contributed by atoms with van der Waals surface area (Å²) in [5.74, 6) is 0.972. The van der Waals surface area contributed by atoms with E-state index in [0.29, 0.717) is 6.42 Å². The zero-order valence-corrected chi connectivity index (χ0v) is 18.8. The number of nitrogens with one attached hydrogen (secondary N) is 1. The van der Waals surface area contributed by atoms with Crippen molar-refractivity contribution in [3.63, 3.8) is 0 Å². The standard InChI is InChI=1S/C25H23BrN2O2/c1-25(2)12-18-15-7-8-19-16(5-4-10-27-19)23(15)28-24(22(18)20(29)13-25)17-11-14(26)6-9-21(17)30-3/h4-11,24,28H,12-13H2,1-3H3/t24-/m1/s1. The highest BCUT2D eigenvalue weighted by Gasteiger charge is 2.41. The van der Waals surface area contributed by atoms with Gasteiger partial charge in [0.05, 0.1) is 24.4 Å². The molecule has 1 N–H and O–H groups in total. The third kappa shape index (κ3) is 3.03. The van der Waals surface area contributed by atoms with Crippen molar-refractivity contribution in [2.24, 2.45) is 5.41 Å². The van der Waals surface area contributed by atoms with Crippen LogP contribution in [0.1, 0.15) is 43.9 Å². The van der Waals surface area contributed by atoms with Gasteiger partial charge in [-0.15, -0.1) is 0 Å². The van der Waals surface area contributed by atoms with Crippen LogP contribution in [0.3, 0.4) is 0 Å². The molecule has 5 heteroatoms. The number of hydrogen-bond donors (Lipinski definition) is 1. The number of rotatable bonds is 2. The van der Waals surface area contributed by atoms with Crippen LogP contribution in [0, 0.1) is 5.41 Å². The van der Waals surface area contributed by atoms with Gasteiger partial charge in [0.25, 0.3) is 0 Å². The van der Waals surface area contributed by atoms with Gasteiger partial charge < -0.3 is 10.1 Å². The molecule has 0 unspecified atom stereocenters. The lowest BCUT2D eigenvalue weighted by Crippen LogP contribution is -2.33. The molecule has 0 saturated heterocycles. The third-order valence-corrected chi connectivity index (χ3v) is 6.60. The molecule has 0 amide bonds. The second-order valence-electron chi connectivity index (χ2n) is 8.86. The first-order valence-electron chi connectivity index (χ1n) is 10.1. The van der Waals surface area contributed by atoms with Crippen molar-refractivity contribution < 1.29 is 9.53 Å². The van der Waals surface area contributed by atoms with Crippen LogP contribution in [0.5, 0.6) is 5.75 Å². The number of benzene rings is 2. The molecule has 0 fully saturated rings. The summed E-state index contributed by atoms with van der Waals surface area (Å²) in [6, 6.07) is 13.9. The molecule has 152 valence electrons.